The zero-order chi connectivity index (χ0) is 22.1. The highest BCUT2D eigenvalue weighted by atomic mass is 32.2. The van der Waals surface area contributed by atoms with E-state index in [1.54, 1.807) is 19.5 Å². The van der Waals surface area contributed by atoms with Gasteiger partial charge in [0.2, 0.25) is 5.91 Å². The zero-order valence-corrected chi connectivity index (χ0v) is 18.4. The molecule has 2 aromatic rings. The smallest absolute Gasteiger partial charge is 0.330 e. The van der Waals surface area contributed by atoms with Gasteiger partial charge in [0, 0.05) is 45.0 Å². The Bertz CT molecular complexity index is 942. The number of aromatic amines is 1. The number of nitrogens with two attached hydrogens (primary N) is 1. The number of nitrogen functional groups attached to an aromatic ring is 1. The first-order valence-electron chi connectivity index (χ1n) is 9.73. The number of nitrogens with one attached hydrogen (secondary N) is 1. The van der Waals surface area contributed by atoms with Gasteiger partial charge < -0.3 is 15.4 Å². The number of hydrogen-bond acceptors (Lipinski definition) is 7. The second-order valence-corrected chi connectivity index (χ2v) is 8.23. The molecule has 0 bridgehead atoms. The number of H-pyrrole nitrogens is 1. The molecule has 1 amide bonds. The van der Waals surface area contributed by atoms with Crippen LogP contribution in [0.3, 0.4) is 0 Å². The number of pyridine rings is 1. The lowest BCUT2D eigenvalue weighted by Gasteiger charge is -2.25. The Balaban J connectivity index is 2.28. The Hall–Kier alpha value is -2.59. The quantitative estimate of drug-likeness (QED) is 0.512. The zero-order valence-electron chi connectivity index (χ0n) is 17.6. The molecule has 0 radical (unpaired) electrons. The van der Waals surface area contributed by atoms with Gasteiger partial charge in [-0.2, -0.15) is 0 Å². The molecular weight excluding hydrogens is 406 g/mol. The molecular formula is C20H29N5O4S. The second-order valence-electron chi connectivity index (χ2n) is 7.24. The molecule has 164 valence electrons. The summed E-state index contributed by atoms with van der Waals surface area (Å²) in [4.78, 5) is 45.5. The molecule has 0 aromatic carbocycles. The van der Waals surface area contributed by atoms with Gasteiger partial charge in [0.1, 0.15) is 5.82 Å². The lowest BCUT2D eigenvalue weighted by Crippen LogP contribution is -2.42. The fraction of sp³-hybridized carbons (Fsp3) is 0.500. The maximum atomic E-state index is 13.0. The van der Waals surface area contributed by atoms with E-state index in [-0.39, 0.29) is 35.6 Å². The summed E-state index contributed by atoms with van der Waals surface area (Å²) in [6.45, 7) is 4.90. The number of carbonyl (C=O) groups is 1. The molecule has 9 nitrogen and oxygen atoms in total. The van der Waals surface area contributed by atoms with E-state index in [2.05, 4.69) is 9.97 Å². The van der Waals surface area contributed by atoms with Crippen molar-refractivity contribution in [3.05, 3.63) is 50.9 Å². The average molecular weight is 436 g/mol. The molecule has 0 aliphatic carbocycles. The Morgan fingerprint density at radius 3 is 2.80 bits per heavy atom. The van der Waals surface area contributed by atoms with E-state index in [1.807, 2.05) is 26.0 Å². The third kappa shape index (κ3) is 6.46. The van der Waals surface area contributed by atoms with Crippen molar-refractivity contribution in [1.29, 1.82) is 0 Å². The Labute approximate surface area is 179 Å². The van der Waals surface area contributed by atoms with Crippen LogP contribution in [0.25, 0.3) is 0 Å². The van der Waals surface area contributed by atoms with Crippen molar-refractivity contribution >= 4 is 29.2 Å². The van der Waals surface area contributed by atoms with E-state index < -0.39 is 11.2 Å². The summed E-state index contributed by atoms with van der Waals surface area (Å²) in [6.07, 6.45) is 3.97. The van der Waals surface area contributed by atoms with Crippen LogP contribution in [0.5, 0.6) is 0 Å². The summed E-state index contributed by atoms with van der Waals surface area (Å²) in [7, 11) is 1.57. The number of aromatic nitrogens is 3. The van der Waals surface area contributed by atoms with Gasteiger partial charge in [-0.05, 0) is 24.0 Å². The van der Waals surface area contributed by atoms with E-state index in [4.69, 9.17) is 10.5 Å². The number of hydrogen-bond donors (Lipinski definition) is 2. The molecule has 0 fully saturated rings. The minimum atomic E-state index is -0.666. The van der Waals surface area contributed by atoms with Crippen LogP contribution in [-0.4, -0.2) is 46.5 Å². The van der Waals surface area contributed by atoms with Crippen molar-refractivity contribution in [2.75, 3.05) is 36.6 Å². The molecule has 10 heteroatoms. The van der Waals surface area contributed by atoms with E-state index in [1.165, 1.54) is 21.2 Å². The van der Waals surface area contributed by atoms with E-state index in [9.17, 15) is 14.4 Å². The van der Waals surface area contributed by atoms with E-state index in [0.29, 0.717) is 25.3 Å². The summed E-state index contributed by atoms with van der Waals surface area (Å²) in [5, 5.41) is 0. The molecule has 2 aromatic heterocycles. The molecule has 30 heavy (non-hydrogen) atoms. The second kappa shape index (κ2) is 11.6. The van der Waals surface area contributed by atoms with Gasteiger partial charge >= 0.3 is 5.69 Å². The Kier molecular flexibility index (Phi) is 9.13. The van der Waals surface area contributed by atoms with E-state index in [0.717, 1.165) is 5.56 Å². The van der Waals surface area contributed by atoms with Gasteiger partial charge in [0.15, 0.2) is 5.69 Å². The molecule has 2 heterocycles. The van der Waals surface area contributed by atoms with Crippen LogP contribution < -0.4 is 21.9 Å². The summed E-state index contributed by atoms with van der Waals surface area (Å²) in [5.74, 6) is 0.651. The van der Waals surface area contributed by atoms with Gasteiger partial charge in [-0.3, -0.25) is 24.1 Å². The predicted octanol–water partition coefficient (Wildman–Crippen LogP) is 1.47. The summed E-state index contributed by atoms with van der Waals surface area (Å²) < 4.78 is 6.39. The first kappa shape index (κ1) is 23.7. The van der Waals surface area contributed by atoms with Crippen molar-refractivity contribution in [3.63, 3.8) is 0 Å². The van der Waals surface area contributed by atoms with Gasteiger partial charge in [-0.25, -0.2) is 4.79 Å². The van der Waals surface area contributed by atoms with Crippen LogP contribution in [0.1, 0.15) is 25.8 Å². The van der Waals surface area contributed by atoms with Crippen molar-refractivity contribution in [3.8, 4) is 0 Å². The van der Waals surface area contributed by atoms with Crippen molar-refractivity contribution in [2.45, 2.75) is 32.6 Å². The SMILES string of the molecule is COCCCN(C(=O)CSCc1cccnc1)c1c(N)n(CC(C)C)c(=O)[nH]c1=O. The molecule has 0 aliphatic rings. The summed E-state index contributed by atoms with van der Waals surface area (Å²) >= 11 is 1.42. The van der Waals surface area contributed by atoms with Gasteiger partial charge in [-0.1, -0.05) is 19.9 Å². The molecule has 3 N–H and O–H groups in total. The lowest BCUT2D eigenvalue weighted by atomic mass is 10.2. The number of ether oxygens (including phenoxy) is 1. The normalized spacial score (nSPS) is 11.1. The number of rotatable bonds is 11. The first-order chi connectivity index (χ1) is 14.3. The molecule has 0 spiro atoms. The first-order valence-corrected chi connectivity index (χ1v) is 10.9. The average Bonchev–Trinajstić information content (AvgIpc) is 2.70. The molecule has 0 saturated heterocycles. The van der Waals surface area contributed by atoms with Crippen LogP contribution in [0.2, 0.25) is 0 Å². The van der Waals surface area contributed by atoms with Crippen LogP contribution in [-0.2, 0) is 21.8 Å². The standard InChI is InChI=1S/C20H29N5O4S/c1-14(2)11-25-18(21)17(19(27)23-20(25)28)24(8-5-9-29-3)16(26)13-30-12-15-6-4-7-22-10-15/h4,6-7,10,14H,5,8-9,11-13,21H2,1-3H3,(H,23,27,28). The topological polar surface area (TPSA) is 123 Å². The highest BCUT2D eigenvalue weighted by Gasteiger charge is 2.24. The summed E-state index contributed by atoms with van der Waals surface area (Å²) in [5.41, 5.74) is 5.97. The van der Waals surface area contributed by atoms with Crippen molar-refractivity contribution < 1.29 is 9.53 Å². The maximum absolute atomic E-state index is 13.0. The molecule has 0 atom stereocenters. The van der Waals surface area contributed by atoms with Crippen LogP contribution in [0.4, 0.5) is 11.5 Å². The number of thioether (sulfide) groups is 1. The Morgan fingerprint density at radius 1 is 1.40 bits per heavy atom. The molecule has 0 saturated carbocycles. The maximum Gasteiger partial charge on any atom is 0.330 e. The largest absolute Gasteiger partial charge is 0.385 e. The van der Waals surface area contributed by atoms with E-state index >= 15 is 0 Å². The van der Waals surface area contributed by atoms with Gasteiger partial charge in [-0.15, -0.1) is 11.8 Å². The van der Waals surface area contributed by atoms with Crippen molar-refractivity contribution in [1.82, 2.24) is 14.5 Å². The number of amides is 1. The fourth-order valence-electron chi connectivity index (χ4n) is 2.93. The van der Waals surface area contributed by atoms with Gasteiger partial charge in [0.05, 0.1) is 5.75 Å². The third-order valence-electron chi connectivity index (χ3n) is 4.28. The Morgan fingerprint density at radius 2 is 2.17 bits per heavy atom. The number of anilines is 2. The number of methoxy groups -OCH3 is 1. The minimum absolute atomic E-state index is 0.000441. The van der Waals surface area contributed by atoms with Crippen LogP contribution in [0, 0.1) is 5.92 Å². The molecule has 0 aliphatic heterocycles. The van der Waals surface area contributed by atoms with Crippen LogP contribution in [0.15, 0.2) is 34.1 Å². The minimum Gasteiger partial charge on any atom is -0.385 e. The third-order valence-corrected chi connectivity index (χ3v) is 5.27. The van der Waals surface area contributed by atoms with Gasteiger partial charge in [0.25, 0.3) is 5.56 Å². The summed E-state index contributed by atoms with van der Waals surface area (Å²) in [6, 6.07) is 3.78. The highest BCUT2D eigenvalue weighted by Crippen LogP contribution is 2.20. The predicted molar refractivity (Wildman–Crippen MR) is 120 cm³/mol. The number of nitrogens with zero attached hydrogens (tertiary/aromatic N) is 3. The molecule has 0 unspecified atom stereocenters. The molecule has 2 rings (SSSR count). The number of carbonyl (C=O) groups excluding carboxylic acids is 1. The monoisotopic (exact) mass is 435 g/mol. The highest BCUT2D eigenvalue weighted by molar-refractivity contribution is 7.99. The van der Waals surface area contributed by atoms with Crippen LogP contribution >= 0.6 is 11.8 Å². The lowest BCUT2D eigenvalue weighted by molar-refractivity contribution is -0.116. The van der Waals surface area contributed by atoms with Crippen molar-refractivity contribution in [2.24, 2.45) is 5.92 Å². The fourth-order valence-corrected chi connectivity index (χ4v) is 3.77.